The maximum absolute atomic E-state index is 5.97. The van der Waals surface area contributed by atoms with Gasteiger partial charge in [0.2, 0.25) is 0 Å². The molecule has 1 unspecified atom stereocenters. The maximum atomic E-state index is 5.97. The molecule has 1 atom stereocenters. The van der Waals surface area contributed by atoms with E-state index in [1.807, 2.05) is 0 Å². The maximum Gasteiger partial charge on any atom is 0.0300 e. The van der Waals surface area contributed by atoms with Crippen molar-refractivity contribution in [3.63, 3.8) is 0 Å². The lowest BCUT2D eigenvalue weighted by Crippen LogP contribution is -2.50. The number of hydrogen-bond acceptors (Lipinski definition) is 3. The van der Waals surface area contributed by atoms with Gasteiger partial charge in [-0.3, -0.25) is 4.90 Å². The molecule has 3 nitrogen and oxygen atoms in total. The molecule has 0 aliphatic heterocycles. The largest absolute Gasteiger partial charge is 0.329 e. The summed E-state index contributed by atoms with van der Waals surface area (Å²) in [5.74, 6) is 0. The van der Waals surface area contributed by atoms with Gasteiger partial charge in [0.05, 0.1) is 0 Å². The van der Waals surface area contributed by atoms with Crippen LogP contribution in [0, 0.1) is 0 Å². The van der Waals surface area contributed by atoms with Crippen molar-refractivity contribution in [1.82, 2.24) is 9.80 Å². The lowest BCUT2D eigenvalue weighted by molar-refractivity contribution is 0.125. The Balaban J connectivity index is 4.02. The van der Waals surface area contributed by atoms with Crippen molar-refractivity contribution in [2.75, 3.05) is 40.8 Å². The zero-order valence-corrected chi connectivity index (χ0v) is 12.6. The van der Waals surface area contributed by atoms with E-state index >= 15 is 0 Å². The van der Waals surface area contributed by atoms with E-state index in [1.165, 1.54) is 32.1 Å². The molecule has 104 valence electrons. The third kappa shape index (κ3) is 7.02. The van der Waals surface area contributed by atoms with Crippen molar-refractivity contribution in [2.45, 2.75) is 51.5 Å². The molecule has 3 heteroatoms. The van der Waals surface area contributed by atoms with Gasteiger partial charge >= 0.3 is 0 Å². The van der Waals surface area contributed by atoms with Crippen LogP contribution in [0.2, 0.25) is 0 Å². The van der Waals surface area contributed by atoms with Gasteiger partial charge in [-0.1, -0.05) is 26.2 Å². The third-order valence-corrected chi connectivity index (χ3v) is 3.78. The molecule has 0 aromatic heterocycles. The van der Waals surface area contributed by atoms with Crippen molar-refractivity contribution >= 4 is 0 Å². The zero-order valence-electron chi connectivity index (χ0n) is 12.6. The monoisotopic (exact) mass is 243 g/mol. The highest BCUT2D eigenvalue weighted by Gasteiger charge is 2.26. The highest BCUT2D eigenvalue weighted by Crippen LogP contribution is 2.20. The summed E-state index contributed by atoms with van der Waals surface area (Å²) >= 11 is 0. The first-order valence-electron chi connectivity index (χ1n) is 7.02. The summed E-state index contributed by atoms with van der Waals surface area (Å²) in [4.78, 5) is 4.69. The van der Waals surface area contributed by atoms with E-state index < -0.39 is 0 Å². The van der Waals surface area contributed by atoms with Crippen LogP contribution >= 0.6 is 0 Å². The number of unbranched alkanes of at least 4 members (excludes halogenated alkanes) is 2. The molecule has 0 bridgehead atoms. The Hall–Kier alpha value is -0.120. The van der Waals surface area contributed by atoms with E-state index in [-0.39, 0.29) is 5.54 Å². The second-order valence-corrected chi connectivity index (χ2v) is 5.74. The molecule has 17 heavy (non-hydrogen) atoms. The second kappa shape index (κ2) is 8.90. The van der Waals surface area contributed by atoms with Crippen LogP contribution in [-0.2, 0) is 0 Å². The first kappa shape index (κ1) is 16.9. The first-order chi connectivity index (χ1) is 7.96. The Morgan fingerprint density at radius 1 is 1.00 bits per heavy atom. The quantitative estimate of drug-likeness (QED) is 0.597. The molecule has 0 aliphatic carbocycles. The molecule has 0 heterocycles. The average Bonchev–Trinajstić information content (AvgIpc) is 2.28. The van der Waals surface area contributed by atoms with E-state index in [4.69, 9.17) is 5.73 Å². The van der Waals surface area contributed by atoms with Crippen LogP contribution in [0.4, 0.5) is 0 Å². The molecule has 0 saturated carbocycles. The highest BCUT2D eigenvalue weighted by molar-refractivity contribution is 4.85. The van der Waals surface area contributed by atoms with Crippen molar-refractivity contribution in [3.8, 4) is 0 Å². The Bertz CT molecular complexity index is 182. The van der Waals surface area contributed by atoms with Crippen LogP contribution < -0.4 is 5.73 Å². The molecule has 0 saturated heterocycles. The van der Waals surface area contributed by atoms with E-state index in [9.17, 15) is 0 Å². The molecular formula is C14H33N3. The molecule has 0 radical (unpaired) electrons. The summed E-state index contributed by atoms with van der Waals surface area (Å²) in [7, 11) is 6.47. The molecule has 0 amide bonds. The minimum atomic E-state index is 0.182. The van der Waals surface area contributed by atoms with E-state index in [2.05, 4.69) is 44.8 Å². The van der Waals surface area contributed by atoms with Crippen LogP contribution in [0.5, 0.6) is 0 Å². The predicted molar refractivity (Wildman–Crippen MR) is 77.4 cm³/mol. The van der Waals surface area contributed by atoms with Gasteiger partial charge in [-0.25, -0.2) is 0 Å². The zero-order chi connectivity index (χ0) is 13.3. The molecule has 0 aliphatic rings. The summed E-state index contributed by atoms with van der Waals surface area (Å²) in [5.41, 5.74) is 6.15. The lowest BCUT2D eigenvalue weighted by Gasteiger charge is -2.38. The number of nitrogens with zero attached hydrogens (tertiary/aromatic N) is 2. The Kier molecular flexibility index (Phi) is 8.83. The summed E-state index contributed by atoms with van der Waals surface area (Å²) in [6.07, 6.45) is 6.33. The Morgan fingerprint density at radius 2 is 1.65 bits per heavy atom. The van der Waals surface area contributed by atoms with E-state index in [0.717, 1.165) is 19.6 Å². The molecule has 0 aromatic rings. The molecule has 0 spiro atoms. The number of likely N-dealkylation sites (N-methyl/N-ethyl adjacent to an activating group) is 1. The predicted octanol–water partition coefficient (Wildman–Crippen LogP) is 2.17. The van der Waals surface area contributed by atoms with Gasteiger partial charge in [-0.05, 0) is 54.0 Å². The number of hydrogen-bond donors (Lipinski definition) is 1. The lowest BCUT2D eigenvalue weighted by atomic mass is 9.92. The Morgan fingerprint density at radius 3 is 2.12 bits per heavy atom. The normalized spacial score (nSPS) is 15.5. The Labute approximate surface area is 108 Å². The fourth-order valence-electron chi connectivity index (χ4n) is 2.10. The third-order valence-electron chi connectivity index (χ3n) is 3.78. The summed E-state index contributed by atoms with van der Waals surface area (Å²) in [6, 6.07) is 0. The topological polar surface area (TPSA) is 32.5 Å². The highest BCUT2D eigenvalue weighted by atomic mass is 15.2. The van der Waals surface area contributed by atoms with Crippen molar-refractivity contribution in [1.29, 1.82) is 0 Å². The standard InChI is InChI=1S/C14H33N3/c1-6-7-8-10-14(2,13-15)17(5)12-9-11-16(3)4/h6-13,15H2,1-5H3. The van der Waals surface area contributed by atoms with E-state index in [0.29, 0.717) is 0 Å². The van der Waals surface area contributed by atoms with Crippen molar-refractivity contribution in [2.24, 2.45) is 5.73 Å². The van der Waals surface area contributed by atoms with Gasteiger partial charge in [-0.15, -0.1) is 0 Å². The van der Waals surface area contributed by atoms with E-state index in [1.54, 1.807) is 0 Å². The summed E-state index contributed by atoms with van der Waals surface area (Å²) in [6.45, 7) is 7.60. The molecule has 0 fully saturated rings. The fraction of sp³-hybridized carbons (Fsp3) is 1.00. The van der Waals surface area contributed by atoms with Crippen LogP contribution in [0.1, 0.15) is 46.0 Å². The molecule has 0 rings (SSSR count). The van der Waals surface area contributed by atoms with Gasteiger partial charge < -0.3 is 10.6 Å². The minimum absolute atomic E-state index is 0.182. The number of nitrogens with two attached hydrogens (primary N) is 1. The van der Waals surface area contributed by atoms with Gasteiger partial charge in [-0.2, -0.15) is 0 Å². The van der Waals surface area contributed by atoms with Gasteiger partial charge in [0, 0.05) is 12.1 Å². The molecular weight excluding hydrogens is 210 g/mol. The van der Waals surface area contributed by atoms with Gasteiger partial charge in [0.25, 0.3) is 0 Å². The van der Waals surface area contributed by atoms with Gasteiger partial charge in [0.15, 0.2) is 0 Å². The SMILES string of the molecule is CCCCCC(C)(CN)N(C)CCCN(C)C. The summed E-state index contributed by atoms with van der Waals surface area (Å²) in [5, 5.41) is 0. The fourth-order valence-corrected chi connectivity index (χ4v) is 2.10. The smallest absolute Gasteiger partial charge is 0.0300 e. The summed E-state index contributed by atoms with van der Waals surface area (Å²) < 4.78 is 0. The van der Waals surface area contributed by atoms with Crippen molar-refractivity contribution in [3.05, 3.63) is 0 Å². The molecule has 2 N–H and O–H groups in total. The van der Waals surface area contributed by atoms with Crippen LogP contribution in [-0.4, -0.2) is 56.1 Å². The first-order valence-corrected chi connectivity index (χ1v) is 7.02. The van der Waals surface area contributed by atoms with Crippen LogP contribution in [0.3, 0.4) is 0 Å². The minimum Gasteiger partial charge on any atom is -0.329 e. The van der Waals surface area contributed by atoms with Crippen LogP contribution in [0.25, 0.3) is 0 Å². The van der Waals surface area contributed by atoms with Crippen LogP contribution in [0.15, 0.2) is 0 Å². The second-order valence-electron chi connectivity index (χ2n) is 5.74. The molecule has 0 aromatic carbocycles. The van der Waals surface area contributed by atoms with Gasteiger partial charge in [0.1, 0.15) is 0 Å². The number of rotatable bonds is 10. The van der Waals surface area contributed by atoms with Crippen molar-refractivity contribution < 1.29 is 0 Å². The average molecular weight is 243 g/mol.